The number of carbonyl (C=O) groups is 1. The number of hydrogen-bond donors (Lipinski definition) is 0. The Balaban J connectivity index is 4.16. The Labute approximate surface area is 156 Å². The summed E-state index contributed by atoms with van der Waals surface area (Å²) in [6, 6.07) is 0. The first-order valence-corrected chi connectivity index (χ1v) is 10.9. The predicted octanol–water partition coefficient (Wildman–Crippen LogP) is 7.62. The lowest BCUT2D eigenvalue weighted by molar-refractivity contribution is -0.151. The van der Waals surface area contributed by atoms with Gasteiger partial charge in [-0.2, -0.15) is 0 Å². The van der Waals surface area contributed by atoms with Gasteiger partial charge < -0.3 is 4.74 Å². The smallest absolute Gasteiger partial charge is 0.310 e. The van der Waals surface area contributed by atoms with Crippen molar-refractivity contribution in [3.05, 3.63) is 0 Å². The Morgan fingerprint density at radius 3 is 1.71 bits per heavy atom. The molecule has 144 valence electrons. The highest BCUT2D eigenvalue weighted by Gasteiger charge is 2.22. The Hall–Kier alpha value is -0.240. The fraction of sp³-hybridized carbons (Fsp3) is 0.952. The molecule has 0 aromatic rings. The molecule has 0 saturated heterocycles. The van der Waals surface area contributed by atoms with Crippen molar-refractivity contribution in [3.63, 3.8) is 0 Å². The first-order valence-electron chi connectivity index (χ1n) is 10.5. The molecule has 2 atom stereocenters. The second kappa shape index (κ2) is 17.6. The van der Waals surface area contributed by atoms with Gasteiger partial charge in [-0.15, -0.1) is 0 Å². The summed E-state index contributed by atoms with van der Waals surface area (Å²) in [6.07, 6.45) is 17.2. The van der Waals surface area contributed by atoms with Crippen molar-refractivity contribution in [2.75, 3.05) is 0 Å². The fourth-order valence-corrected chi connectivity index (χ4v) is 3.26. The molecule has 0 rings (SSSR count). The van der Waals surface area contributed by atoms with E-state index in [9.17, 15) is 4.79 Å². The van der Waals surface area contributed by atoms with E-state index in [2.05, 4.69) is 20.8 Å². The van der Waals surface area contributed by atoms with Gasteiger partial charge in [-0.05, 0) is 25.7 Å². The minimum Gasteiger partial charge on any atom is -0.446 e. The van der Waals surface area contributed by atoms with Crippen LogP contribution in [0.4, 0.5) is 0 Å². The van der Waals surface area contributed by atoms with Crippen LogP contribution in [-0.2, 0) is 9.53 Å². The Morgan fingerprint density at radius 1 is 0.708 bits per heavy atom. The number of ether oxygens (including phenoxy) is 1. The molecule has 0 radical (unpaired) electrons. The molecule has 0 aliphatic carbocycles. The molecule has 2 nitrogen and oxygen atoms in total. The van der Waals surface area contributed by atoms with Crippen molar-refractivity contribution >= 4 is 17.6 Å². The number of alkyl halides is 1. The summed E-state index contributed by atoms with van der Waals surface area (Å²) >= 11 is 6.16. The number of carbonyl (C=O) groups excluding carboxylic acids is 1. The number of rotatable bonds is 17. The Morgan fingerprint density at radius 2 is 1.17 bits per heavy atom. The highest BCUT2D eigenvalue weighted by molar-refractivity contribution is 6.20. The first kappa shape index (κ1) is 23.8. The van der Waals surface area contributed by atoms with E-state index in [0.717, 1.165) is 44.9 Å². The summed E-state index contributed by atoms with van der Waals surface area (Å²) in [5.41, 5.74) is -0.444. The van der Waals surface area contributed by atoms with Gasteiger partial charge in [0.15, 0.2) is 5.56 Å². The van der Waals surface area contributed by atoms with Gasteiger partial charge in [-0.1, -0.05) is 103 Å². The molecule has 0 fully saturated rings. The van der Waals surface area contributed by atoms with E-state index in [-0.39, 0.29) is 11.9 Å². The molecule has 2 unspecified atom stereocenters. The second-order valence-corrected chi connectivity index (χ2v) is 7.58. The number of hydrogen-bond acceptors (Lipinski definition) is 2. The van der Waals surface area contributed by atoms with Crippen LogP contribution in [0.5, 0.6) is 0 Å². The van der Waals surface area contributed by atoms with Crippen LogP contribution in [0.15, 0.2) is 0 Å². The largest absolute Gasteiger partial charge is 0.446 e. The maximum atomic E-state index is 12.4. The minimum absolute atomic E-state index is 0.0518. The van der Waals surface area contributed by atoms with Crippen molar-refractivity contribution in [1.29, 1.82) is 0 Å². The molecule has 0 saturated carbocycles. The van der Waals surface area contributed by atoms with E-state index in [1.54, 1.807) is 0 Å². The fourth-order valence-electron chi connectivity index (χ4n) is 3.01. The summed E-state index contributed by atoms with van der Waals surface area (Å²) in [5.74, 6) is -0.00734. The highest BCUT2D eigenvalue weighted by atomic mass is 35.5. The number of esters is 1. The lowest BCUT2D eigenvalue weighted by atomic mass is 9.94. The molecule has 0 aromatic carbocycles. The summed E-state index contributed by atoms with van der Waals surface area (Å²) in [5, 5.41) is 0. The average molecular weight is 361 g/mol. The quantitative estimate of drug-likeness (QED) is 0.151. The zero-order chi connectivity index (χ0) is 18.0. The van der Waals surface area contributed by atoms with Crippen LogP contribution in [0.25, 0.3) is 0 Å². The first-order chi connectivity index (χ1) is 11.7. The maximum absolute atomic E-state index is 12.4. The summed E-state index contributed by atoms with van der Waals surface area (Å²) in [6.45, 7) is 6.58. The Bertz CT molecular complexity index is 281. The monoisotopic (exact) mass is 360 g/mol. The van der Waals surface area contributed by atoms with Gasteiger partial charge >= 0.3 is 5.97 Å². The van der Waals surface area contributed by atoms with Gasteiger partial charge in [0.25, 0.3) is 0 Å². The van der Waals surface area contributed by atoms with Crippen molar-refractivity contribution in [2.24, 2.45) is 5.92 Å². The summed E-state index contributed by atoms with van der Waals surface area (Å²) in [4.78, 5) is 12.4. The van der Waals surface area contributed by atoms with Crippen molar-refractivity contribution in [3.8, 4) is 0 Å². The predicted molar refractivity (Wildman–Crippen MR) is 106 cm³/mol. The molecule has 0 amide bonds. The standard InChI is InChI=1S/C21H41ClO2/c1-4-7-10-12-13-15-17-19(16-14-11-8-5-2)21(23)24-20(22)18-9-6-3/h19-20H,4-18H2,1-3H3. The molecule has 0 N–H and O–H groups in total. The molecule has 0 aliphatic rings. The second-order valence-electron chi connectivity index (χ2n) is 7.09. The molecule has 24 heavy (non-hydrogen) atoms. The molecule has 0 heterocycles. The van der Waals surface area contributed by atoms with Crippen LogP contribution in [0, 0.1) is 5.92 Å². The lowest BCUT2D eigenvalue weighted by Crippen LogP contribution is -2.22. The van der Waals surface area contributed by atoms with Gasteiger partial charge in [0, 0.05) is 0 Å². The van der Waals surface area contributed by atoms with Gasteiger partial charge in [-0.25, -0.2) is 0 Å². The normalized spacial score (nSPS) is 13.7. The minimum atomic E-state index is -0.444. The van der Waals surface area contributed by atoms with Crippen molar-refractivity contribution in [1.82, 2.24) is 0 Å². The third-order valence-corrected chi connectivity index (χ3v) is 4.98. The molecular weight excluding hydrogens is 320 g/mol. The van der Waals surface area contributed by atoms with Crippen LogP contribution in [-0.4, -0.2) is 11.5 Å². The van der Waals surface area contributed by atoms with E-state index in [4.69, 9.17) is 16.3 Å². The molecule has 3 heteroatoms. The molecular formula is C21H41ClO2. The van der Waals surface area contributed by atoms with Crippen LogP contribution in [0.2, 0.25) is 0 Å². The topological polar surface area (TPSA) is 26.3 Å². The van der Waals surface area contributed by atoms with Crippen LogP contribution in [0.1, 0.15) is 117 Å². The van der Waals surface area contributed by atoms with Gasteiger partial charge in [0.05, 0.1) is 5.92 Å². The van der Waals surface area contributed by atoms with E-state index < -0.39 is 5.56 Å². The van der Waals surface area contributed by atoms with Crippen LogP contribution >= 0.6 is 11.6 Å². The van der Waals surface area contributed by atoms with Gasteiger partial charge in [0.2, 0.25) is 0 Å². The third kappa shape index (κ3) is 14.1. The van der Waals surface area contributed by atoms with Crippen LogP contribution < -0.4 is 0 Å². The highest BCUT2D eigenvalue weighted by Crippen LogP contribution is 2.22. The van der Waals surface area contributed by atoms with Gasteiger partial charge in [0.1, 0.15) is 0 Å². The van der Waals surface area contributed by atoms with E-state index >= 15 is 0 Å². The zero-order valence-electron chi connectivity index (χ0n) is 16.5. The van der Waals surface area contributed by atoms with Crippen molar-refractivity contribution < 1.29 is 9.53 Å². The average Bonchev–Trinajstić information content (AvgIpc) is 2.57. The molecule has 0 spiro atoms. The van der Waals surface area contributed by atoms with Crippen molar-refractivity contribution in [2.45, 2.75) is 123 Å². The van der Waals surface area contributed by atoms with E-state index in [1.807, 2.05) is 0 Å². The van der Waals surface area contributed by atoms with Crippen LogP contribution in [0.3, 0.4) is 0 Å². The zero-order valence-corrected chi connectivity index (χ0v) is 17.2. The summed E-state index contributed by atoms with van der Waals surface area (Å²) < 4.78 is 5.49. The van der Waals surface area contributed by atoms with E-state index in [0.29, 0.717) is 0 Å². The third-order valence-electron chi connectivity index (χ3n) is 4.67. The molecule has 0 aromatic heterocycles. The van der Waals surface area contributed by atoms with Gasteiger partial charge in [-0.3, -0.25) is 4.79 Å². The summed E-state index contributed by atoms with van der Waals surface area (Å²) in [7, 11) is 0. The molecule has 0 bridgehead atoms. The SMILES string of the molecule is CCCCCCCCC(CCCCCC)C(=O)OC(Cl)CCCC. The number of unbranched alkanes of at least 4 members (excludes halogenated alkanes) is 9. The number of halogens is 1. The Kier molecular flexibility index (Phi) is 17.4. The maximum Gasteiger partial charge on any atom is 0.310 e. The molecule has 0 aliphatic heterocycles. The van der Waals surface area contributed by atoms with E-state index in [1.165, 1.54) is 51.4 Å². The lowest BCUT2D eigenvalue weighted by Gasteiger charge is -2.18.